The van der Waals surface area contributed by atoms with Crippen LogP contribution in [0.2, 0.25) is 23.7 Å². The molecule has 0 saturated carbocycles. The first-order valence-electron chi connectivity index (χ1n) is 17.0. The summed E-state index contributed by atoms with van der Waals surface area (Å²) in [6.45, 7) is 7.44. The van der Waals surface area contributed by atoms with E-state index < -0.39 is 19.8 Å². The molecule has 7 rings (SSSR count). The second-order valence-electron chi connectivity index (χ2n) is 14.2. The lowest BCUT2D eigenvalue weighted by molar-refractivity contribution is -0.151. The predicted molar refractivity (Wildman–Crippen MR) is 195 cm³/mol. The molecule has 4 aromatic rings. The molecular formula is C40H43ClN2O5Si. The van der Waals surface area contributed by atoms with Crippen molar-refractivity contribution in [2.75, 3.05) is 18.6 Å². The number of aliphatic hydroxyl groups is 1. The molecule has 5 atom stereocenters. The van der Waals surface area contributed by atoms with Gasteiger partial charge in [-0.25, -0.2) is 0 Å². The first kappa shape index (κ1) is 33.5. The minimum atomic E-state index is -2.47. The van der Waals surface area contributed by atoms with E-state index in [-0.39, 0.29) is 42.3 Å². The lowest BCUT2D eigenvalue weighted by atomic mass is 9.82. The number of ether oxygens (including phenoxy) is 2. The van der Waals surface area contributed by atoms with Crippen LogP contribution in [-0.4, -0.2) is 55.8 Å². The van der Waals surface area contributed by atoms with E-state index in [2.05, 4.69) is 38.2 Å². The van der Waals surface area contributed by atoms with E-state index in [0.717, 1.165) is 33.7 Å². The van der Waals surface area contributed by atoms with Gasteiger partial charge in [-0.3, -0.25) is 9.59 Å². The molecule has 3 heterocycles. The monoisotopic (exact) mass is 694 g/mol. The van der Waals surface area contributed by atoms with Crippen LogP contribution in [0.5, 0.6) is 5.75 Å². The zero-order chi connectivity index (χ0) is 34.5. The topological polar surface area (TPSA) is 79.3 Å². The maximum Gasteiger partial charge on any atom is 0.264 e. The predicted octanol–water partition coefficient (Wildman–Crippen LogP) is 6.45. The quantitative estimate of drug-likeness (QED) is 0.215. The molecule has 2 amide bonds. The molecule has 1 fully saturated rings. The number of halogens is 1. The minimum Gasteiger partial charge on any atom is -0.497 e. The van der Waals surface area contributed by atoms with E-state index in [0.29, 0.717) is 24.5 Å². The number of hydrogen-bond donors (Lipinski definition) is 1. The third-order valence-electron chi connectivity index (χ3n) is 11.2. The molecule has 49 heavy (non-hydrogen) atoms. The van der Waals surface area contributed by atoms with E-state index in [1.165, 1.54) is 5.19 Å². The van der Waals surface area contributed by atoms with Crippen molar-refractivity contribution in [3.05, 3.63) is 124 Å². The molecule has 1 spiro atoms. The molecule has 0 aliphatic carbocycles. The molecule has 0 unspecified atom stereocenters. The van der Waals surface area contributed by atoms with Crippen molar-refractivity contribution in [3.63, 3.8) is 0 Å². The summed E-state index contributed by atoms with van der Waals surface area (Å²) in [6, 6.07) is 31.5. The Morgan fingerprint density at radius 3 is 2.39 bits per heavy atom. The van der Waals surface area contributed by atoms with Gasteiger partial charge in [0.2, 0.25) is 5.91 Å². The second kappa shape index (κ2) is 13.1. The highest BCUT2D eigenvalue weighted by Crippen LogP contribution is 2.60. The number of nitrogens with zero attached hydrogens (tertiary/aromatic N) is 2. The molecule has 3 aliphatic heterocycles. The van der Waals surface area contributed by atoms with Crippen LogP contribution in [0.3, 0.4) is 0 Å². The van der Waals surface area contributed by atoms with Crippen molar-refractivity contribution in [2.45, 2.75) is 69.2 Å². The first-order chi connectivity index (χ1) is 23.6. The maximum absolute atomic E-state index is 15.0. The van der Waals surface area contributed by atoms with Gasteiger partial charge in [-0.1, -0.05) is 104 Å². The first-order valence-corrected chi connectivity index (χ1v) is 20.5. The van der Waals surface area contributed by atoms with Gasteiger partial charge in [0.15, 0.2) is 5.60 Å². The fourth-order valence-electron chi connectivity index (χ4n) is 8.74. The molecule has 0 radical (unpaired) electrons. The van der Waals surface area contributed by atoms with Crippen LogP contribution < -0.4 is 14.8 Å². The van der Waals surface area contributed by atoms with Crippen LogP contribution in [0, 0.1) is 5.92 Å². The largest absolute Gasteiger partial charge is 0.497 e. The zero-order valence-corrected chi connectivity index (χ0v) is 30.2. The average molecular weight is 695 g/mol. The van der Waals surface area contributed by atoms with Crippen molar-refractivity contribution >= 4 is 42.4 Å². The standard InChI is InChI=1S/C40H43ClN2O5Si/c1-26-38(49(3,4)33-17-15-32(47-2)16-18-33)36(22-37(45)42-24-29-13-9-8-12-28(29)20-31(42)25-44)48-40(26)34-21-30(41)14-19-35(34)43(39(40)46)23-27-10-6-5-7-11-27/h5-19,21,26,31,36,38,44H,20,22-25H2,1-4H3/t26-,31-,36+,38-,40+/m0/s1. The summed E-state index contributed by atoms with van der Waals surface area (Å²) >= 11 is 6.66. The van der Waals surface area contributed by atoms with Crippen LogP contribution in [0.15, 0.2) is 97.1 Å². The van der Waals surface area contributed by atoms with Crippen molar-refractivity contribution < 1.29 is 24.2 Å². The van der Waals surface area contributed by atoms with Crippen molar-refractivity contribution in [1.29, 1.82) is 0 Å². The summed E-state index contributed by atoms with van der Waals surface area (Å²) in [7, 11) is -0.809. The molecule has 0 aromatic heterocycles. The molecule has 4 aromatic carbocycles. The fourth-order valence-corrected chi connectivity index (χ4v) is 12.9. The highest BCUT2D eigenvalue weighted by atomic mass is 35.5. The molecule has 1 N–H and O–H groups in total. The maximum atomic E-state index is 15.0. The Balaban J connectivity index is 1.30. The number of benzene rings is 4. The molecule has 1 saturated heterocycles. The van der Waals surface area contributed by atoms with E-state index in [1.54, 1.807) is 7.11 Å². The van der Waals surface area contributed by atoms with Crippen molar-refractivity contribution in [1.82, 2.24) is 4.90 Å². The molecular weight excluding hydrogens is 652 g/mol. The highest BCUT2D eigenvalue weighted by Gasteiger charge is 2.66. The summed E-state index contributed by atoms with van der Waals surface area (Å²) in [5.41, 5.74) is 3.38. The normalized spacial score (nSPS) is 24.7. The van der Waals surface area contributed by atoms with E-state index in [4.69, 9.17) is 21.1 Å². The van der Waals surface area contributed by atoms with E-state index >= 15 is 4.79 Å². The Bertz CT molecular complexity index is 1870. The van der Waals surface area contributed by atoms with E-state index in [9.17, 15) is 9.90 Å². The number of anilines is 1. The number of carbonyl (C=O) groups is 2. The average Bonchev–Trinajstić information content (AvgIpc) is 3.53. The number of methoxy groups -OCH3 is 1. The van der Waals surface area contributed by atoms with Gasteiger partial charge < -0.3 is 24.4 Å². The van der Waals surface area contributed by atoms with Crippen LogP contribution in [-0.2, 0) is 39.4 Å². The van der Waals surface area contributed by atoms with Gasteiger partial charge in [-0.15, -0.1) is 0 Å². The van der Waals surface area contributed by atoms with Crippen molar-refractivity contribution in [3.8, 4) is 5.75 Å². The number of fused-ring (bicyclic) bond motifs is 3. The van der Waals surface area contributed by atoms with Crippen LogP contribution in [0.4, 0.5) is 5.69 Å². The summed E-state index contributed by atoms with van der Waals surface area (Å²) in [6.07, 6.45) is 0.151. The number of carbonyl (C=O) groups excluding carboxylic acids is 2. The van der Waals surface area contributed by atoms with Crippen molar-refractivity contribution in [2.24, 2.45) is 5.92 Å². The molecule has 3 aliphatic rings. The molecule has 0 bridgehead atoms. The molecule has 254 valence electrons. The fraction of sp³-hybridized carbons (Fsp3) is 0.350. The molecule has 9 heteroatoms. The number of aliphatic hydroxyl groups excluding tert-OH is 1. The summed E-state index contributed by atoms with van der Waals surface area (Å²) < 4.78 is 12.7. The van der Waals surface area contributed by atoms with Gasteiger partial charge in [0, 0.05) is 23.0 Å². The Labute approximate surface area is 294 Å². The van der Waals surface area contributed by atoms with Crippen LogP contribution >= 0.6 is 11.6 Å². The number of rotatable bonds is 8. The summed E-state index contributed by atoms with van der Waals surface area (Å²) in [5.74, 6) is 0.306. The Morgan fingerprint density at radius 2 is 1.69 bits per heavy atom. The Kier molecular flexibility index (Phi) is 8.94. The third kappa shape index (κ3) is 5.68. The van der Waals surface area contributed by atoms with Crippen LogP contribution in [0.25, 0.3) is 0 Å². The molecule has 7 nitrogen and oxygen atoms in total. The zero-order valence-electron chi connectivity index (χ0n) is 28.4. The lowest BCUT2D eigenvalue weighted by Gasteiger charge is -2.39. The van der Waals surface area contributed by atoms with Gasteiger partial charge in [0.05, 0.1) is 52.6 Å². The third-order valence-corrected chi connectivity index (χ3v) is 15.8. The summed E-state index contributed by atoms with van der Waals surface area (Å²) in [4.78, 5) is 33.1. The van der Waals surface area contributed by atoms with Gasteiger partial charge in [0.1, 0.15) is 5.75 Å². The Morgan fingerprint density at radius 1 is 1.00 bits per heavy atom. The SMILES string of the molecule is COc1ccc([Si](C)(C)[C@@H]2[C@@H](CC(=O)N3Cc4ccccc4C[C@H]3CO)O[C@]3(C(=O)N(Cc4ccccc4)c4ccc(Cl)cc43)[C@H]2C)cc1. The van der Waals surface area contributed by atoms with Gasteiger partial charge >= 0.3 is 0 Å². The minimum absolute atomic E-state index is 0.0785. The number of hydrogen-bond acceptors (Lipinski definition) is 5. The van der Waals surface area contributed by atoms with Gasteiger partial charge in [0.25, 0.3) is 5.91 Å². The van der Waals surface area contributed by atoms with Gasteiger partial charge in [-0.05, 0) is 59.0 Å². The van der Waals surface area contributed by atoms with Gasteiger partial charge in [-0.2, -0.15) is 0 Å². The Hall–Kier alpha value is -3.95. The highest BCUT2D eigenvalue weighted by molar-refractivity contribution is 6.91. The number of amides is 2. The van der Waals surface area contributed by atoms with Crippen LogP contribution in [0.1, 0.15) is 35.6 Å². The lowest BCUT2D eigenvalue weighted by Crippen LogP contribution is -2.52. The summed E-state index contributed by atoms with van der Waals surface area (Å²) in [5, 5.41) is 12.1. The smallest absolute Gasteiger partial charge is 0.264 e. The second-order valence-corrected chi connectivity index (χ2v) is 19.4. The van der Waals surface area contributed by atoms with E-state index in [1.807, 2.05) is 88.7 Å².